The number of carbonyl (C=O) groups is 1. The van der Waals surface area contributed by atoms with E-state index in [9.17, 15) is 4.79 Å². The SMILES string of the molecule is CC(C)(C)OC(=O)N1CCN(Cc2ccccc2)[C@H](COc2ccccn2)C1. The fourth-order valence-corrected chi connectivity index (χ4v) is 3.18. The third-order valence-corrected chi connectivity index (χ3v) is 4.55. The molecule has 1 saturated heterocycles. The lowest BCUT2D eigenvalue weighted by Gasteiger charge is -2.41. The predicted molar refractivity (Wildman–Crippen MR) is 108 cm³/mol. The normalized spacial score (nSPS) is 18.0. The van der Waals surface area contributed by atoms with Gasteiger partial charge in [0.1, 0.15) is 12.2 Å². The number of ether oxygens (including phenoxy) is 2. The van der Waals surface area contributed by atoms with Gasteiger partial charge in [0, 0.05) is 38.4 Å². The van der Waals surface area contributed by atoms with Gasteiger partial charge in [-0.3, -0.25) is 4.90 Å². The van der Waals surface area contributed by atoms with Crippen molar-refractivity contribution in [2.24, 2.45) is 0 Å². The Labute approximate surface area is 167 Å². The lowest BCUT2D eigenvalue weighted by Crippen LogP contribution is -2.57. The highest BCUT2D eigenvalue weighted by atomic mass is 16.6. The lowest BCUT2D eigenvalue weighted by atomic mass is 10.1. The van der Waals surface area contributed by atoms with Crippen LogP contribution in [0.4, 0.5) is 4.79 Å². The van der Waals surface area contributed by atoms with Gasteiger partial charge in [-0.25, -0.2) is 9.78 Å². The molecule has 2 aromatic rings. The van der Waals surface area contributed by atoms with Crippen LogP contribution in [0.25, 0.3) is 0 Å². The number of aromatic nitrogens is 1. The van der Waals surface area contributed by atoms with E-state index in [0.717, 1.165) is 13.1 Å². The summed E-state index contributed by atoms with van der Waals surface area (Å²) < 4.78 is 11.5. The van der Waals surface area contributed by atoms with Gasteiger partial charge in [0.05, 0.1) is 6.04 Å². The molecule has 0 N–H and O–H groups in total. The highest BCUT2D eigenvalue weighted by Crippen LogP contribution is 2.18. The largest absolute Gasteiger partial charge is 0.476 e. The van der Waals surface area contributed by atoms with E-state index in [0.29, 0.717) is 25.6 Å². The second-order valence-corrected chi connectivity index (χ2v) is 8.02. The smallest absolute Gasteiger partial charge is 0.410 e. The number of benzene rings is 1. The van der Waals surface area contributed by atoms with E-state index in [-0.39, 0.29) is 12.1 Å². The molecule has 0 bridgehead atoms. The number of hydrogen-bond acceptors (Lipinski definition) is 5. The summed E-state index contributed by atoms with van der Waals surface area (Å²) in [7, 11) is 0. The average Bonchev–Trinajstić information content (AvgIpc) is 2.67. The molecule has 28 heavy (non-hydrogen) atoms. The van der Waals surface area contributed by atoms with Gasteiger partial charge in [0.15, 0.2) is 0 Å². The topological polar surface area (TPSA) is 54.9 Å². The third-order valence-electron chi connectivity index (χ3n) is 4.55. The predicted octanol–water partition coefficient (Wildman–Crippen LogP) is 3.58. The Hall–Kier alpha value is -2.60. The molecule has 0 radical (unpaired) electrons. The van der Waals surface area contributed by atoms with E-state index in [4.69, 9.17) is 9.47 Å². The summed E-state index contributed by atoms with van der Waals surface area (Å²) in [5.41, 5.74) is 0.745. The molecule has 150 valence electrons. The van der Waals surface area contributed by atoms with E-state index in [1.165, 1.54) is 5.56 Å². The molecule has 0 spiro atoms. The van der Waals surface area contributed by atoms with Crippen molar-refractivity contribution in [3.63, 3.8) is 0 Å². The molecule has 6 heteroatoms. The van der Waals surface area contributed by atoms with Crippen LogP contribution in [-0.4, -0.2) is 58.8 Å². The molecular formula is C22H29N3O3. The number of rotatable bonds is 5. The molecule has 6 nitrogen and oxygen atoms in total. The Morgan fingerprint density at radius 1 is 1.11 bits per heavy atom. The molecular weight excluding hydrogens is 354 g/mol. The Bertz CT molecular complexity index is 747. The summed E-state index contributed by atoms with van der Waals surface area (Å²) in [5, 5.41) is 0. The number of hydrogen-bond donors (Lipinski definition) is 0. The minimum atomic E-state index is -0.502. The standard InChI is InChI=1S/C22H29N3O3/c1-22(2,3)28-21(26)25-14-13-24(15-18-9-5-4-6-10-18)19(16-25)17-27-20-11-7-8-12-23-20/h4-12,19H,13-17H2,1-3H3/t19-/m0/s1. The number of piperazine rings is 1. The fraction of sp³-hybridized carbons (Fsp3) is 0.455. The zero-order valence-corrected chi connectivity index (χ0v) is 16.9. The number of pyridine rings is 1. The molecule has 0 aliphatic carbocycles. The Morgan fingerprint density at radius 2 is 1.86 bits per heavy atom. The molecule has 1 aliphatic rings. The number of amides is 1. The summed E-state index contributed by atoms with van der Waals surface area (Å²) in [5.74, 6) is 0.594. The van der Waals surface area contributed by atoms with Gasteiger partial charge < -0.3 is 14.4 Å². The first-order valence-corrected chi connectivity index (χ1v) is 9.70. The van der Waals surface area contributed by atoms with Crippen LogP contribution in [0, 0.1) is 0 Å². The Kier molecular flexibility index (Phi) is 6.52. The van der Waals surface area contributed by atoms with Crippen LogP contribution >= 0.6 is 0 Å². The van der Waals surface area contributed by atoms with Crippen molar-refractivity contribution in [1.82, 2.24) is 14.8 Å². The highest BCUT2D eigenvalue weighted by Gasteiger charge is 2.32. The van der Waals surface area contributed by atoms with Crippen LogP contribution in [0.15, 0.2) is 54.7 Å². The van der Waals surface area contributed by atoms with Crippen molar-refractivity contribution in [2.75, 3.05) is 26.2 Å². The zero-order valence-electron chi connectivity index (χ0n) is 16.9. The Morgan fingerprint density at radius 3 is 2.54 bits per heavy atom. The van der Waals surface area contributed by atoms with Crippen LogP contribution in [0.3, 0.4) is 0 Å². The van der Waals surface area contributed by atoms with E-state index in [1.807, 2.05) is 57.2 Å². The molecule has 1 aromatic heterocycles. The van der Waals surface area contributed by atoms with Gasteiger partial charge >= 0.3 is 6.09 Å². The summed E-state index contributed by atoms with van der Waals surface area (Å²) in [6.07, 6.45) is 1.44. The van der Waals surface area contributed by atoms with Crippen molar-refractivity contribution in [3.8, 4) is 5.88 Å². The van der Waals surface area contributed by atoms with Gasteiger partial charge in [-0.2, -0.15) is 0 Å². The van der Waals surface area contributed by atoms with E-state index < -0.39 is 5.60 Å². The number of carbonyl (C=O) groups excluding carboxylic acids is 1. The minimum absolute atomic E-state index is 0.0588. The van der Waals surface area contributed by atoms with Crippen LogP contribution < -0.4 is 4.74 Å². The summed E-state index contributed by atoms with van der Waals surface area (Å²) in [4.78, 5) is 20.9. The van der Waals surface area contributed by atoms with Gasteiger partial charge in [-0.1, -0.05) is 36.4 Å². The highest BCUT2D eigenvalue weighted by molar-refractivity contribution is 5.68. The lowest BCUT2D eigenvalue weighted by molar-refractivity contribution is -0.00448. The maximum absolute atomic E-state index is 12.5. The molecule has 2 heterocycles. The first-order chi connectivity index (χ1) is 13.4. The van der Waals surface area contributed by atoms with Crippen molar-refractivity contribution < 1.29 is 14.3 Å². The van der Waals surface area contributed by atoms with E-state index in [2.05, 4.69) is 22.0 Å². The second-order valence-electron chi connectivity index (χ2n) is 8.02. The molecule has 1 aromatic carbocycles. The number of nitrogens with zero attached hydrogens (tertiary/aromatic N) is 3. The first kappa shape index (κ1) is 20.1. The Balaban J connectivity index is 1.67. The minimum Gasteiger partial charge on any atom is -0.476 e. The van der Waals surface area contributed by atoms with Gasteiger partial charge in [-0.05, 0) is 32.4 Å². The monoisotopic (exact) mass is 383 g/mol. The van der Waals surface area contributed by atoms with Crippen molar-refractivity contribution in [3.05, 3.63) is 60.3 Å². The molecule has 0 unspecified atom stereocenters. The maximum atomic E-state index is 12.5. The molecule has 1 fully saturated rings. The maximum Gasteiger partial charge on any atom is 0.410 e. The average molecular weight is 383 g/mol. The molecule has 3 rings (SSSR count). The first-order valence-electron chi connectivity index (χ1n) is 9.70. The van der Waals surface area contributed by atoms with Gasteiger partial charge in [0.2, 0.25) is 5.88 Å². The third kappa shape index (κ3) is 5.96. The quantitative estimate of drug-likeness (QED) is 0.790. The van der Waals surface area contributed by atoms with E-state index in [1.54, 1.807) is 11.1 Å². The molecule has 1 amide bonds. The summed E-state index contributed by atoms with van der Waals surface area (Å²) in [6, 6.07) is 16.0. The summed E-state index contributed by atoms with van der Waals surface area (Å²) >= 11 is 0. The zero-order chi connectivity index (χ0) is 20.0. The molecule has 1 atom stereocenters. The van der Waals surface area contributed by atoms with Crippen LogP contribution in [0.2, 0.25) is 0 Å². The second kappa shape index (κ2) is 9.06. The van der Waals surface area contributed by atoms with Crippen molar-refractivity contribution in [1.29, 1.82) is 0 Å². The van der Waals surface area contributed by atoms with Crippen molar-refractivity contribution in [2.45, 2.75) is 39.0 Å². The molecule has 0 saturated carbocycles. The van der Waals surface area contributed by atoms with E-state index >= 15 is 0 Å². The fourth-order valence-electron chi connectivity index (χ4n) is 3.18. The van der Waals surface area contributed by atoms with Gasteiger partial charge in [-0.15, -0.1) is 0 Å². The van der Waals surface area contributed by atoms with Crippen LogP contribution in [-0.2, 0) is 11.3 Å². The van der Waals surface area contributed by atoms with Crippen LogP contribution in [0.1, 0.15) is 26.3 Å². The molecule has 1 aliphatic heterocycles. The summed E-state index contributed by atoms with van der Waals surface area (Å²) in [6.45, 7) is 8.91. The van der Waals surface area contributed by atoms with Crippen LogP contribution in [0.5, 0.6) is 5.88 Å². The van der Waals surface area contributed by atoms with Gasteiger partial charge in [0.25, 0.3) is 0 Å². The van der Waals surface area contributed by atoms with Crippen molar-refractivity contribution >= 4 is 6.09 Å².